The van der Waals surface area contributed by atoms with Gasteiger partial charge in [0.25, 0.3) is 0 Å². The van der Waals surface area contributed by atoms with Gasteiger partial charge in [0.2, 0.25) is 0 Å². The molecule has 6 aromatic rings. The number of nitrogens with two attached hydrogens (primary N) is 1. The number of benzene rings is 6. The predicted molar refractivity (Wildman–Crippen MR) is 178 cm³/mol. The van der Waals surface area contributed by atoms with Crippen molar-refractivity contribution in [3.63, 3.8) is 0 Å². The number of aryl methyl sites for hydroxylation is 1. The minimum atomic E-state index is -0.535. The van der Waals surface area contributed by atoms with Crippen LogP contribution in [0, 0.1) is 0 Å². The average molecular weight is 559 g/mol. The maximum Gasteiger partial charge on any atom is 0.323 e. The Morgan fingerprint density at radius 1 is 0.698 bits per heavy atom. The summed E-state index contributed by atoms with van der Waals surface area (Å²) >= 11 is 0. The van der Waals surface area contributed by atoms with Gasteiger partial charge in [-0.2, -0.15) is 0 Å². The summed E-state index contributed by atoms with van der Waals surface area (Å²) in [5, 5.41) is 17.1. The number of aliphatic hydroxyl groups is 1. The largest absolute Gasteiger partial charge is 0.388 e. The number of fused-ring (bicyclic) bond motifs is 6. The number of aliphatic hydroxyl groups excluding tert-OH is 1. The third kappa shape index (κ3) is 4.06. The van der Waals surface area contributed by atoms with E-state index in [4.69, 9.17) is 5.73 Å². The molecule has 4 heteroatoms. The Morgan fingerprint density at radius 3 is 2.30 bits per heavy atom. The molecular weight excluding hydrogens is 528 g/mol. The van der Waals surface area contributed by atoms with Crippen LogP contribution in [0.1, 0.15) is 24.0 Å². The first-order chi connectivity index (χ1) is 21.1. The Hall–Kier alpha value is -5.19. The van der Waals surface area contributed by atoms with Gasteiger partial charge < -0.3 is 10.8 Å². The number of carbonyl (C=O) groups excluding carboxylic acids is 1. The smallest absolute Gasteiger partial charge is 0.323 e. The monoisotopic (exact) mass is 558 g/mol. The zero-order valence-electron chi connectivity index (χ0n) is 23.6. The molecule has 0 radical (unpaired) electrons. The highest BCUT2D eigenvalue weighted by molar-refractivity contribution is 6.15. The number of hydrogen-bond acceptors (Lipinski definition) is 2. The summed E-state index contributed by atoms with van der Waals surface area (Å²) in [6.07, 6.45) is 6.27. The molecule has 0 heterocycles. The van der Waals surface area contributed by atoms with Gasteiger partial charge in [-0.3, -0.25) is 4.90 Å². The maximum atomic E-state index is 13.4. The van der Waals surface area contributed by atoms with Gasteiger partial charge in [-0.05, 0) is 86.2 Å². The van der Waals surface area contributed by atoms with Crippen molar-refractivity contribution < 1.29 is 9.90 Å². The van der Waals surface area contributed by atoms with Crippen LogP contribution in [-0.2, 0) is 6.42 Å². The molecule has 1 unspecified atom stereocenters. The Bertz CT molecular complexity index is 2170. The normalized spacial score (nSPS) is 16.0. The summed E-state index contributed by atoms with van der Waals surface area (Å²) in [5.41, 5.74) is 14.5. The van der Waals surface area contributed by atoms with Crippen LogP contribution >= 0.6 is 0 Å². The number of carbonyl (C=O) groups is 1. The van der Waals surface area contributed by atoms with E-state index in [1.165, 1.54) is 16.5 Å². The van der Waals surface area contributed by atoms with Crippen LogP contribution in [-0.4, -0.2) is 17.2 Å². The molecule has 0 fully saturated rings. The molecule has 43 heavy (non-hydrogen) atoms. The number of nitrogens with zero attached hydrogens (tertiary/aromatic N) is 1. The number of urea groups is 1. The van der Waals surface area contributed by atoms with Crippen molar-refractivity contribution in [1.82, 2.24) is 0 Å². The molecule has 4 nitrogen and oxygen atoms in total. The van der Waals surface area contributed by atoms with Crippen molar-refractivity contribution in [2.75, 3.05) is 4.90 Å². The number of rotatable bonds is 3. The van der Waals surface area contributed by atoms with Crippen LogP contribution in [0.5, 0.6) is 0 Å². The van der Waals surface area contributed by atoms with E-state index in [-0.39, 0.29) is 0 Å². The number of primary amides is 1. The summed E-state index contributed by atoms with van der Waals surface area (Å²) in [4.78, 5) is 15.1. The van der Waals surface area contributed by atoms with E-state index in [1.54, 1.807) is 4.90 Å². The molecule has 208 valence electrons. The van der Waals surface area contributed by atoms with Gasteiger partial charge in [-0.15, -0.1) is 0 Å². The molecule has 2 aliphatic rings. The molecule has 0 aromatic heterocycles. The first-order valence-electron chi connectivity index (χ1n) is 14.8. The minimum Gasteiger partial charge on any atom is -0.388 e. The van der Waals surface area contributed by atoms with Crippen molar-refractivity contribution in [3.05, 3.63) is 138 Å². The Kier molecular flexibility index (Phi) is 5.92. The zero-order valence-corrected chi connectivity index (χ0v) is 23.6. The second-order valence-electron chi connectivity index (χ2n) is 11.5. The molecular formula is C39H30N2O2. The third-order valence-electron chi connectivity index (χ3n) is 9.13. The molecule has 0 bridgehead atoms. The fourth-order valence-electron chi connectivity index (χ4n) is 7.14. The Morgan fingerprint density at radius 2 is 1.44 bits per heavy atom. The van der Waals surface area contributed by atoms with E-state index >= 15 is 0 Å². The molecule has 0 saturated carbocycles. The summed E-state index contributed by atoms with van der Waals surface area (Å²) in [6, 6.07) is 36.9. The zero-order chi connectivity index (χ0) is 29.1. The quantitative estimate of drug-likeness (QED) is 0.228. The molecule has 0 spiro atoms. The number of hydrogen-bond donors (Lipinski definition) is 2. The van der Waals surface area contributed by atoms with E-state index in [1.807, 2.05) is 42.5 Å². The van der Waals surface area contributed by atoms with Crippen LogP contribution in [0.25, 0.3) is 49.0 Å². The summed E-state index contributed by atoms with van der Waals surface area (Å²) in [5.74, 6) is 0. The van der Waals surface area contributed by atoms with Gasteiger partial charge in [0.05, 0.1) is 17.5 Å². The summed E-state index contributed by atoms with van der Waals surface area (Å²) < 4.78 is 0. The highest BCUT2D eigenvalue weighted by Gasteiger charge is 2.27. The Labute approximate surface area is 250 Å². The molecule has 0 aliphatic heterocycles. The second-order valence-corrected chi connectivity index (χ2v) is 11.5. The third-order valence-corrected chi connectivity index (χ3v) is 9.13. The maximum absolute atomic E-state index is 13.4. The van der Waals surface area contributed by atoms with Crippen molar-refractivity contribution in [2.45, 2.75) is 25.4 Å². The SMILES string of the molecule is NC(=O)N(c1ccc2ccccc2c1)c1c(-c2cccc3c4c(ccc23)C2=C(CC4)C(O)CC=C2)ccc2ccccc12. The summed E-state index contributed by atoms with van der Waals surface area (Å²) in [7, 11) is 0. The molecule has 2 aliphatic carbocycles. The standard InChI is InChI=1S/C39H30N2O2/c40-39(43)41(27-17-15-24-7-1-2-9-26(24)23-27)38-28-10-4-3-8-25(28)16-18-36(38)31-12-5-11-29-32(31)19-20-34-30-13-6-14-37(42)35(30)22-21-33(29)34/h1-13,15-20,23,37,42H,14,21-22H2,(H2,40,43). The molecule has 1 atom stereocenters. The van der Waals surface area contributed by atoms with Crippen LogP contribution in [0.15, 0.2) is 127 Å². The second kappa shape index (κ2) is 9.97. The van der Waals surface area contributed by atoms with Crippen molar-refractivity contribution in [2.24, 2.45) is 5.73 Å². The molecule has 2 amide bonds. The highest BCUT2D eigenvalue weighted by atomic mass is 16.3. The molecule has 3 N–H and O–H groups in total. The average Bonchev–Trinajstić information content (AvgIpc) is 3.04. The Balaban J connectivity index is 1.38. The fraction of sp³-hybridized carbons (Fsp3) is 0.103. The van der Waals surface area contributed by atoms with E-state index in [9.17, 15) is 9.90 Å². The van der Waals surface area contributed by atoms with Gasteiger partial charge in [0.1, 0.15) is 0 Å². The first-order valence-corrected chi connectivity index (χ1v) is 14.8. The fourth-order valence-corrected chi connectivity index (χ4v) is 7.14. The number of amides is 2. The van der Waals surface area contributed by atoms with Gasteiger partial charge >= 0.3 is 6.03 Å². The molecule has 8 rings (SSSR count). The van der Waals surface area contributed by atoms with Gasteiger partial charge in [-0.1, -0.05) is 109 Å². The van der Waals surface area contributed by atoms with Crippen LogP contribution in [0.4, 0.5) is 16.2 Å². The lowest BCUT2D eigenvalue weighted by atomic mass is 9.78. The number of allylic oxidation sites excluding steroid dienone is 2. The van der Waals surface area contributed by atoms with Gasteiger partial charge in [-0.25, -0.2) is 4.79 Å². The topological polar surface area (TPSA) is 66.6 Å². The molecule has 0 saturated heterocycles. The van der Waals surface area contributed by atoms with Gasteiger partial charge in [0.15, 0.2) is 0 Å². The van der Waals surface area contributed by atoms with Crippen molar-refractivity contribution in [3.8, 4) is 11.1 Å². The molecule has 6 aromatic carbocycles. The summed E-state index contributed by atoms with van der Waals surface area (Å²) in [6.45, 7) is 0. The van der Waals surface area contributed by atoms with E-state index in [0.717, 1.165) is 73.4 Å². The van der Waals surface area contributed by atoms with Crippen LogP contribution in [0.2, 0.25) is 0 Å². The van der Waals surface area contributed by atoms with Crippen molar-refractivity contribution in [1.29, 1.82) is 0 Å². The van der Waals surface area contributed by atoms with Crippen molar-refractivity contribution >= 4 is 55.3 Å². The van der Waals surface area contributed by atoms with E-state index < -0.39 is 12.1 Å². The first kappa shape index (κ1) is 25.5. The van der Waals surface area contributed by atoms with E-state index in [0.29, 0.717) is 6.42 Å². The van der Waals surface area contributed by atoms with Crippen LogP contribution < -0.4 is 10.6 Å². The van der Waals surface area contributed by atoms with E-state index in [2.05, 4.69) is 78.9 Å². The lowest BCUT2D eigenvalue weighted by Crippen LogP contribution is -2.32. The van der Waals surface area contributed by atoms with Crippen LogP contribution in [0.3, 0.4) is 0 Å². The van der Waals surface area contributed by atoms with Gasteiger partial charge in [0, 0.05) is 10.9 Å². The minimum absolute atomic E-state index is 0.398. The number of anilines is 2. The highest BCUT2D eigenvalue weighted by Crippen LogP contribution is 2.46. The lowest BCUT2D eigenvalue weighted by molar-refractivity contribution is 0.209. The lowest BCUT2D eigenvalue weighted by Gasteiger charge is -2.29. The predicted octanol–water partition coefficient (Wildman–Crippen LogP) is 9.05.